The quantitative estimate of drug-likeness (QED) is 0.851. The van der Waals surface area contributed by atoms with Crippen molar-refractivity contribution >= 4 is 45.4 Å². The number of benzene rings is 1. The Labute approximate surface area is 129 Å². The SMILES string of the molecule is CC1CSCCN1C(=O)Nc1cc(Br)cc(C(=O)O)c1. The maximum atomic E-state index is 12.2. The molecule has 0 aliphatic carbocycles. The summed E-state index contributed by atoms with van der Waals surface area (Å²) in [5, 5.41) is 11.8. The van der Waals surface area contributed by atoms with Gasteiger partial charge in [-0.05, 0) is 25.1 Å². The highest BCUT2D eigenvalue weighted by molar-refractivity contribution is 9.10. The van der Waals surface area contributed by atoms with Gasteiger partial charge in [0, 0.05) is 34.3 Å². The van der Waals surface area contributed by atoms with Crippen LogP contribution >= 0.6 is 27.7 Å². The Morgan fingerprint density at radius 3 is 2.85 bits per heavy atom. The summed E-state index contributed by atoms with van der Waals surface area (Å²) in [6.07, 6.45) is 0. The van der Waals surface area contributed by atoms with Crippen LogP contribution in [0.1, 0.15) is 17.3 Å². The summed E-state index contributed by atoms with van der Waals surface area (Å²) in [4.78, 5) is 25.0. The van der Waals surface area contributed by atoms with Gasteiger partial charge in [0.2, 0.25) is 0 Å². The van der Waals surface area contributed by atoms with E-state index in [0.29, 0.717) is 16.7 Å². The zero-order valence-corrected chi connectivity index (χ0v) is 13.3. The van der Waals surface area contributed by atoms with E-state index in [2.05, 4.69) is 21.2 Å². The second-order valence-corrected chi connectivity index (χ2v) is 6.65. The molecule has 0 spiro atoms. The average molecular weight is 359 g/mol. The van der Waals surface area contributed by atoms with Gasteiger partial charge in [0.15, 0.2) is 0 Å². The van der Waals surface area contributed by atoms with Crippen molar-refractivity contribution in [3.63, 3.8) is 0 Å². The van der Waals surface area contributed by atoms with Gasteiger partial charge in [0.05, 0.1) is 5.56 Å². The molecule has 0 aromatic heterocycles. The first-order chi connectivity index (χ1) is 9.47. The van der Waals surface area contributed by atoms with Gasteiger partial charge in [-0.1, -0.05) is 15.9 Å². The normalized spacial score (nSPS) is 18.7. The molecular formula is C13H15BrN2O3S. The van der Waals surface area contributed by atoms with Crippen molar-refractivity contribution in [2.45, 2.75) is 13.0 Å². The van der Waals surface area contributed by atoms with Crippen molar-refractivity contribution in [1.82, 2.24) is 4.90 Å². The number of carboxylic acid groups (broad SMARTS) is 1. The first-order valence-corrected chi connectivity index (χ1v) is 8.11. The van der Waals surface area contributed by atoms with Crippen LogP contribution in [0.3, 0.4) is 0 Å². The Balaban J connectivity index is 2.13. The molecule has 1 heterocycles. The molecule has 1 aliphatic heterocycles. The number of urea groups is 1. The lowest BCUT2D eigenvalue weighted by atomic mass is 10.2. The molecule has 1 unspecified atom stereocenters. The molecule has 1 fully saturated rings. The van der Waals surface area contributed by atoms with E-state index in [-0.39, 0.29) is 17.6 Å². The molecule has 1 aromatic carbocycles. The molecule has 5 nitrogen and oxygen atoms in total. The Kier molecular flexibility index (Phi) is 4.93. The van der Waals surface area contributed by atoms with Crippen LogP contribution in [-0.2, 0) is 0 Å². The van der Waals surface area contributed by atoms with Crippen LogP contribution < -0.4 is 5.32 Å². The van der Waals surface area contributed by atoms with Crippen LogP contribution in [-0.4, -0.2) is 46.1 Å². The average Bonchev–Trinajstić information content (AvgIpc) is 2.38. The summed E-state index contributed by atoms with van der Waals surface area (Å²) < 4.78 is 0.620. The molecule has 2 amide bonds. The Morgan fingerprint density at radius 2 is 2.20 bits per heavy atom. The van der Waals surface area contributed by atoms with E-state index in [4.69, 9.17) is 5.11 Å². The number of carbonyl (C=O) groups is 2. The number of thioether (sulfide) groups is 1. The van der Waals surface area contributed by atoms with Gasteiger partial charge in [0.1, 0.15) is 0 Å². The molecule has 7 heteroatoms. The van der Waals surface area contributed by atoms with Crippen molar-refractivity contribution in [2.24, 2.45) is 0 Å². The lowest BCUT2D eigenvalue weighted by molar-refractivity contribution is 0.0696. The molecule has 2 rings (SSSR count). The number of carbonyl (C=O) groups excluding carboxylic acids is 1. The lowest BCUT2D eigenvalue weighted by Crippen LogP contribution is -2.46. The Bertz CT molecular complexity index is 538. The number of aromatic carboxylic acids is 1. The molecule has 1 saturated heterocycles. The van der Waals surface area contributed by atoms with E-state index < -0.39 is 5.97 Å². The first-order valence-electron chi connectivity index (χ1n) is 6.16. The molecule has 108 valence electrons. The number of hydrogen-bond acceptors (Lipinski definition) is 3. The van der Waals surface area contributed by atoms with Crippen LogP contribution in [0.4, 0.5) is 10.5 Å². The number of nitrogens with one attached hydrogen (secondary N) is 1. The third-order valence-electron chi connectivity index (χ3n) is 3.02. The molecular weight excluding hydrogens is 344 g/mol. The summed E-state index contributed by atoms with van der Waals surface area (Å²) in [5.41, 5.74) is 0.615. The lowest BCUT2D eigenvalue weighted by Gasteiger charge is -2.33. The smallest absolute Gasteiger partial charge is 0.335 e. The summed E-state index contributed by atoms with van der Waals surface area (Å²) in [6, 6.07) is 4.63. The molecule has 2 N–H and O–H groups in total. The topological polar surface area (TPSA) is 69.6 Å². The minimum absolute atomic E-state index is 0.136. The number of carboxylic acids is 1. The molecule has 1 aliphatic rings. The van der Waals surface area contributed by atoms with Gasteiger partial charge in [-0.2, -0.15) is 11.8 Å². The number of anilines is 1. The Morgan fingerprint density at radius 1 is 1.45 bits per heavy atom. The zero-order valence-electron chi connectivity index (χ0n) is 10.9. The summed E-state index contributed by atoms with van der Waals surface area (Å²) in [5.74, 6) is 0.827. The maximum Gasteiger partial charge on any atom is 0.335 e. The summed E-state index contributed by atoms with van der Waals surface area (Å²) >= 11 is 5.08. The van der Waals surface area contributed by atoms with Gasteiger partial charge in [-0.25, -0.2) is 9.59 Å². The maximum absolute atomic E-state index is 12.2. The third-order valence-corrected chi connectivity index (χ3v) is 4.67. The number of nitrogens with zero attached hydrogens (tertiary/aromatic N) is 1. The second kappa shape index (κ2) is 6.49. The highest BCUT2D eigenvalue weighted by Gasteiger charge is 2.23. The fraction of sp³-hybridized carbons (Fsp3) is 0.385. The molecule has 0 radical (unpaired) electrons. The highest BCUT2D eigenvalue weighted by atomic mass is 79.9. The highest BCUT2D eigenvalue weighted by Crippen LogP contribution is 2.22. The van der Waals surface area contributed by atoms with Gasteiger partial charge in [-0.15, -0.1) is 0 Å². The number of halogens is 1. The first kappa shape index (κ1) is 15.2. The molecule has 0 saturated carbocycles. The predicted octanol–water partition coefficient (Wildman–Crippen LogP) is 3.12. The molecule has 1 atom stereocenters. The van der Waals surface area contributed by atoms with E-state index in [9.17, 15) is 9.59 Å². The fourth-order valence-corrected chi connectivity index (χ4v) is 3.52. The van der Waals surface area contributed by atoms with Crippen LogP contribution in [0, 0.1) is 0 Å². The molecule has 0 bridgehead atoms. The van der Waals surface area contributed by atoms with Crippen LogP contribution in [0.5, 0.6) is 0 Å². The van der Waals surface area contributed by atoms with E-state index in [1.54, 1.807) is 11.0 Å². The van der Waals surface area contributed by atoms with Crippen molar-refractivity contribution in [1.29, 1.82) is 0 Å². The largest absolute Gasteiger partial charge is 0.478 e. The van der Waals surface area contributed by atoms with Crippen LogP contribution in [0.15, 0.2) is 22.7 Å². The van der Waals surface area contributed by atoms with Crippen LogP contribution in [0.2, 0.25) is 0 Å². The number of amides is 2. The van der Waals surface area contributed by atoms with Gasteiger partial charge < -0.3 is 15.3 Å². The minimum atomic E-state index is -1.02. The van der Waals surface area contributed by atoms with Gasteiger partial charge in [0.25, 0.3) is 0 Å². The second-order valence-electron chi connectivity index (χ2n) is 4.58. The van der Waals surface area contributed by atoms with E-state index in [1.165, 1.54) is 12.1 Å². The van der Waals surface area contributed by atoms with Crippen molar-refractivity contribution in [3.05, 3.63) is 28.2 Å². The number of hydrogen-bond donors (Lipinski definition) is 2. The third kappa shape index (κ3) is 3.67. The Hall–Kier alpha value is -1.21. The zero-order chi connectivity index (χ0) is 14.7. The van der Waals surface area contributed by atoms with E-state index in [1.807, 2.05) is 18.7 Å². The van der Waals surface area contributed by atoms with Crippen LogP contribution in [0.25, 0.3) is 0 Å². The predicted molar refractivity (Wildman–Crippen MR) is 83.6 cm³/mol. The van der Waals surface area contributed by atoms with E-state index >= 15 is 0 Å². The van der Waals surface area contributed by atoms with Crippen molar-refractivity contribution in [3.8, 4) is 0 Å². The number of rotatable bonds is 2. The molecule has 20 heavy (non-hydrogen) atoms. The standard InChI is InChI=1S/C13H15BrN2O3S/c1-8-7-20-3-2-16(8)13(19)15-11-5-9(12(17)18)4-10(14)6-11/h4-6,8H,2-3,7H2,1H3,(H,15,19)(H,17,18). The minimum Gasteiger partial charge on any atom is -0.478 e. The van der Waals surface area contributed by atoms with Crippen molar-refractivity contribution in [2.75, 3.05) is 23.4 Å². The van der Waals surface area contributed by atoms with E-state index in [0.717, 1.165) is 11.5 Å². The summed E-state index contributed by atoms with van der Waals surface area (Å²) in [7, 11) is 0. The van der Waals surface area contributed by atoms with Gasteiger partial charge >= 0.3 is 12.0 Å². The van der Waals surface area contributed by atoms with Crippen molar-refractivity contribution < 1.29 is 14.7 Å². The fourth-order valence-electron chi connectivity index (χ4n) is 2.01. The van der Waals surface area contributed by atoms with Gasteiger partial charge in [-0.3, -0.25) is 0 Å². The molecule has 1 aromatic rings. The monoisotopic (exact) mass is 358 g/mol. The summed E-state index contributed by atoms with van der Waals surface area (Å²) in [6.45, 7) is 2.72.